The van der Waals surface area contributed by atoms with E-state index in [0.29, 0.717) is 28.4 Å². The number of fused-ring (bicyclic) bond motifs is 1. The van der Waals surface area contributed by atoms with Crippen molar-refractivity contribution in [2.45, 2.75) is 32.1 Å². The minimum absolute atomic E-state index is 0.135. The number of rotatable bonds is 8. The van der Waals surface area contributed by atoms with E-state index in [1.54, 1.807) is 59.5 Å². The summed E-state index contributed by atoms with van der Waals surface area (Å²) in [7, 11) is 2.05. The quantitative estimate of drug-likeness (QED) is 0.315. The topological polar surface area (TPSA) is 52.6 Å². The highest BCUT2D eigenvalue weighted by atomic mass is 35.5. The third kappa shape index (κ3) is 6.32. The van der Waals surface area contributed by atoms with Gasteiger partial charge >= 0.3 is 0 Å². The number of hydrogen-bond acceptors (Lipinski definition) is 3. The molecule has 0 radical (unpaired) electrons. The predicted molar refractivity (Wildman–Crippen MR) is 153 cm³/mol. The molecule has 1 heterocycles. The van der Waals surface area contributed by atoms with Crippen LogP contribution in [0, 0.1) is 12.7 Å². The standard InChI is InChI=1S/C31H33ClFN3O2/c1-4-16-35(3)18-15-22-8-7-17-36(29-14-11-23(33)20-27(22)29)31(38)25-13-12-24(19-21(25)2)34-30(37)26-9-5-6-10-28(26)32/h4-6,9-14,19-20,22H,1,7-8,15-18H2,2-3H3,(H,34,37). The van der Waals surface area contributed by atoms with Crippen molar-refractivity contribution < 1.29 is 14.0 Å². The number of benzene rings is 3. The van der Waals surface area contributed by atoms with Crippen molar-refractivity contribution in [3.05, 3.63) is 106 Å². The van der Waals surface area contributed by atoms with Crippen LogP contribution in [0.15, 0.2) is 73.3 Å². The molecule has 0 aromatic heterocycles. The molecule has 0 saturated heterocycles. The number of likely N-dealkylation sites (N-methyl/N-ethyl adjacent to an activating group) is 1. The molecule has 38 heavy (non-hydrogen) atoms. The van der Waals surface area contributed by atoms with Gasteiger partial charge in [0.15, 0.2) is 0 Å². The van der Waals surface area contributed by atoms with Crippen LogP contribution in [0.3, 0.4) is 0 Å². The molecule has 0 saturated carbocycles. The fourth-order valence-electron chi connectivity index (χ4n) is 5.04. The van der Waals surface area contributed by atoms with Crippen LogP contribution in [0.4, 0.5) is 15.8 Å². The molecule has 7 heteroatoms. The van der Waals surface area contributed by atoms with Gasteiger partial charge in [-0.05, 0) is 105 Å². The second-order valence-electron chi connectivity index (χ2n) is 9.80. The number of anilines is 2. The van der Waals surface area contributed by atoms with Crippen LogP contribution in [0.25, 0.3) is 0 Å². The SMILES string of the molecule is C=CCN(C)CCC1CCCN(C(=O)c2ccc(NC(=O)c3ccccc3Cl)cc2C)c2ccc(F)cc21. The van der Waals surface area contributed by atoms with Crippen LogP contribution in [-0.4, -0.2) is 43.4 Å². The zero-order valence-corrected chi connectivity index (χ0v) is 22.6. The third-order valence-corrected chi connectivity index (χ3v) is 7.36. The monoisotopic (exact) mass is 533 g/mol. The van der Waals surface area contributed by atoms with Gasteiger partial charge in [0, 0.05) is 30.0 Å². The summed E-state index contributed by atoms with van der Waals surface area (Å²) in [5, 5.41) is 3.23. The first-order valence-electron chi connectivity index (χ1n) is 12.9. The summed E-state index contributed by atoms with van der Waals surface area (Å²) in [4.78, 5) is 30.4. The van der Waals surface area contributed by atoms with Gasteiger partial charge in [-0.25, -0.2) is 4.39 Å². The summed E-state index contributed by atoms with van der Waals surface area (Å²) < 4.78 is 14.4. The van der Waals surface area contributed by atoms with Crippen LogP contribution < -0.4 is 10.2 Å². The lowest BCUT2D eigenvalue weighted by molar-refractivity contribution is 0.0985. The van der Waals surface area contributed by atoms with Crippen molar-refractivity contribution in [1.82, 2.24) is 4.90 Å². The first-order chi connectivity index (χ1) is 18.3. The summed E-state index contributed by atoms with van der Waals surface area (Å²) in [6.07, 6.45) is 4.45. The Morgan fingerprint density at radius 1 is 1.16 bits per heavy atom. The first-order valence-corrected chi connectivity index (χ1v) is 13.2. The number of nitrogens with zero attached hydrogens (tertiary/aromatic N) is 2. The Kier molecular flexibility index (Phi) is 8.97. The Bertz CT molecular complexity index is 1340. The van der Waals surface area contributed by atoms with Crippen LogP contribution in [0.2, 0.25) is 5.02 Å². The number of aryl methyl sites for hydroxylation is 1. The molecule has 1 aliphatic heterocycles. The Hall–Kier alpha value is -3.48. The third-order valence-electron chi connectivity index (χ3n) is 7.03. The summed E-state index contributed by atoms with van der Waals surface area (Å²) >= 11 is 6.15. The van der Waals surface area contributed by atoms with Crippen LogP contribution >= 0.6 is 11.6 Å². The first kappa shape index (κ1) is 27.6. The molecule has 0 aliphatic carbocycles. The molecule has 198 valence electrons. The lowest BCUT2D eigenvalue weighted by atomic mass is 9.90. The van der Waals surface area contributed by atoms with E-state index in [1.165, 1.54) is 6.07 Å². The number of hydrogen-bond donors (Lipinski definition) is 1. The average molecular weight is 534 g/mol. The molecule has 2 amide bonds. The molecule has 0 bridgehead atoms. The molecule has 0 fully saturated rings. The lowest BCUT2D eigenvalue weighted by Crippen LogP contribution is -2.32. The molecule has 1 atom stereocenters. The van der Waals surface area contributed by atoms with Crippen LogP contribution in [0.1, 0.15) is 57.0 Å². The molecular formula is C31H33ClFN3O2. The van der Waals surface area contributed by atoms with Gasteiger partial charge in [-0.15, -0.1) is 6.58 Å². The summed E-state index contributed by atoms with van der Waals surface area (Å²) in [5.41, 5.74) is 3.88. The molecule has 1 unspecified atom stereocenters. The fourth-order valence-corrected chi connectivity index (χ4v) is 5.26. The van der Waals surface area contributed by atoms with Gasteiger partial charge in [0.05, 0.1) is 10.6 Å². The molecule has 5 nitrogen and oxygen atoms in total. The lowest BCUT2D eigenvalue weighted by Gasteiger charge is -2.26. The highest BCUT2D eigenvalue weighted by molar-refractivity contribution is 6.34. The van der Waals surface area contributed by atoms with Gasteiger partial charge in [-0.2, -0.15) is 0 Å². The number of carbonyl (C=O) groups is 2. The Morgan fingerprint density at radius 3 is 2.68 bits per heavy atom. The average Bonchev–Trinajstić information content (AvgIpc) is 3.06. The number of amides is 2. The second kappa shape index (κ2) is 12.4. The molecule has 0 spiro atoms. The zero-order valence-electron chi connectivity index (χ0n) is 21.8. The number of carbonyl (C=O) groups excluding carboxylic acids is 2. The maximum absolute atomic E-state index is 14.4. The van der Waals surface area contributed by atoms with E-state index < -0.39 is 0 Å². The van der Waals surface area contributed by atoms with E-state index in [-0.39, 0.29) is 23.5 Å². The zero-order chi connectivity index (χ0) is 27.2. The largest absolute Gasteiger partial charge is 0.322 e. The second-order valence-corrected chi connectivity index (χ2v) is 10.2. The van der Waals surface area contributed by atoms with Crippen molar-refractivity contribution in [1.29, 1.82) is 0 Å². The van der Waals surface area contributed by atoms with Crippen molar-refractivity contribution in [2.75, 3.05) is 36.9 Å². The molecule has 3 aromatic carbocycles. The van der Waals surface area contributed by atoms with Gasteiger partial charge in [0.2, 0.25) is 0 Å². The summed E-state index contributed by atoms with van der Waals surface area (Å²) in [6, 6.07) is 16.8. The normalized spacial score (nSPS) is 15.1. The van der Waals surface area contributed by atoms with Crippen molar-refractivity contribution in [3.63, 3.8) is 0 Å². The highest BCUT2D eigenvalue weighted by Gasteiger charge is 2.28. The maximum atomic E-state index is 14.4. The Morgan fingerprint density at radius 2 is 1.95 bits per heavy atom. The smallest absolute Gasteiger partial charge is 0.258 e. The van der Waals surface area contributed by atoms with E-state index >= 15 is 0 Å². The van der Waals surface area contributed by atoms with E-state index in [9.17, 15) is 14.0 Å². The van der Waals surface area contributed by atoms with Crippen LogP contribution in [0.5, 0.6) is 0 Å². The molecule has 4 rings (SSSR count). The van der Waals surface area contributed by atoms with Crippen molar-refractivity contribution >= 4 is 34.8 Å². The predicted octanol–water partition coefficient (Wildman–Crippen LogP) is 7.07. The Balaban J connectivity index is 1.56. The van der Waals surface area contributed by atoms with Gasteiger partial charge in [0.25, 0.3) is 11.8 Å². The molecule has 1 N–H and O–H groups in total. The number of halogens is 2. The highest BCUT2D eigenvalue weighted by Crippen LogP contribution is 2.38. The summed E-state index contributed by atoms with van der Waals surface area (Å²) in [5.74, 6) is -0.586. The van der Waals surface area contributed by atoms with Gasteiger partial charge in [0.1, 0.15) is 5.82 Å². The van der Waals surface area contributed by atoms with E-state index in [4.69, 9.17) is 11.6 Å². The Labute approximate surface area is 228 Å². The molecular weight excluding hydrogens is 501 g/mol. The molecule has 3 aromatic rings. The van der Waals surface area contributed by atoms with Gasteiger partial charge < -0.3 is 15.1 Å². The minimum atomic E-state index is -0.317. The van der Waals surface area contributed by atoms with Gasteiger partial charge in [-0.1, -0.05) is 29.8 Å². The van der Waals surface area contributed by atoms with E-state index in [2.05, 4.69) is 16.8 Å². The molecule has 1 aliphatic rings. The van der Waals surface area contributed by atoms with Gasteiger partial charge in [-0.3, -0.25) is 9.59 Å². The van der Waals surface area contributed by atoms with Crippen LogP contribution in [-0.2, 0) is 0 Å². The minimum Gasteiger partial charge on any atom is -0.322 e. The van der Waals surface area contributed by atoms with E-state index in [0.717, 1.165) is 49.2 Å². The maximum Gasteiger partial charge on any atom is 0.258 e. The van der Waals surface area contributed by atoms with E-state index in [1.807, 2.05) is 20.0 Å². The fraction of sp³-hybridized carbons (Fsp3) is 0.290. The van der Waals surface area contributed by atoms with Crippen molar-refractivity contribution in [2.24, 2.45) is 0 Å². The number of nitrogens with one attached hydrogen (secondary N) is 1. The van der Waals surface area contributed by atoms with Crippen molar-refractivity contribution in [3.8, 4) is 0 Å². The summed E-state index contributed by atoms with van der Waals surface area (Å²) in [6.45, 7) is 7.86.